The van der Waals surface area contributed by atoms with Gasteiger partial charge >= 0.3 is 0 Å². The lowest BCUT2D eigenvalue weighted by Crippen LogP contribution is -2.27. The predicted octanol–water partition coefficient (Wildman–Crippen LogP) is 3.68. The van der Waals surface area contributed by atoms with Crippen LogP contribution < -0.4 is 10.2 Å². The first-order valence-electron chi connectivity index (χ1n) is 6.66. The topological polar surface area (TPSA) is 15.3 Å². The highest BCUT2D eigenvalue weighted by Gasteiger charge is 2.26. The predicted molar refractivity (Wildman–Crippen MR) is 80.5 cm³/mol. The molecule has 0 spiro atoms. The van der Waals surface area contributed by atoms with Gasteiger partial charge in [0.1, 0.15) is 0 Å². The van der Waals surface area contributed by atoms with Crippen LogP contribution >= 0.6 is 27.5 Å². The van der Waals surface area contributed by atoms with E-state index in [0.29, 0.717) is 0 Å². The van der Waals surface area contributed by atoms with Crippen LogP contribution in [0.25, 0.3) is 0 Å². The number of halogens is 2. The summed E-state index contributed by atoms with van der Waals surface area (Å²) in [6.45, 7) is 3.48. The molecule has 1 aromatic rings. The largest absolute Gasteiger partial charge is 0.370 e. The Morgan fingerprint density at radius 2 is 2.17 bits per heavy atom. The van der Waals surface area contributed by atoms with Crippen LogP contribution in [-0.4, -0.2) is 25.7 Å². The maximum Gasteiger partial charge on any atom is 0.0511 e. The Balaban J connectivity index is 1.59. The summed E-state index contributed by atoms with van der Waals surface area (Å²) >= 11 is 9.59. The summed E-state index contributed by atoms with van der Waals surface area (Å²) in [6, 6.07) is 6.88. The SMILES string of the molecule is Clc1ccc(N2CCC(CNC3CC3)C2)c(Br)c1. The van der Waals surface area contributed by atoms with Gasteiger partial charge in [0, 0.05) is 28.6 Å². The first kappa shape index (κ1) is 12.8. The van der Waals surface area contributed by atoms with Crippen molar-refractivity contribution in [2.75, 3.05) is 24.5 Å². The first-order valence-corrected chi connectivity index (χ1v) is 7.83. The third-order valence-electron chi connectivity index (χ3n) is 3.81. The third kappa shape index (κ3) is 3.01. The van der Waals surface area contributed by atoms with Gasteiger partial charge in [0.05, 0.1) is 5.69 Å². The maximum atomic E-state index is 5.99. The van der Waals surface area contributed by atoms with Gasteiger partial charge in [-0.1, -0.05) is 11.6 Å². The normalized spacial score (nSPS) is 23.7. The first-order chi connectivity index (χ1) is 8.72. The van der Waals surface area contributed by atoms with Gasteiger partial charge in [0.2, 0.25) is 0 Å². The van der Waals surface area contributed by atoms with Crippen molar-refractivity contribution >= 4 is 33.2 Å². The van der Waals surface area contributed by atoms with Crippen LogP contribution in [0.3, 0.4) is 0 Å². The fraction of sp³-hybridized carbons (Fsp3) is 0.571. The van der Waals surface area contributed by atoms with E-state index < -0.39 is 0 Å². The number of rotatable bonds is 4. The van der Waals surface area contributed by atoms with E-state index in [1.807, 2.05) is 12.1 Å². The Morgan fingerprint density at radius 1 is 1.33 bits per heavy atom. The van der Waals surface area contributed by atoms with Gasteiger partial charge in [-0.3, -0.25) is 0 Å². The van der Waals surface area contributed by atoms with Crippen LogP contribution in [0.5, 0.6) is 0 Å². The van der Waals surface area contributed by atoms with E-state index >= 15 is 0 Å². The van der Waals surface area contributed by atoms with Crippen molar-refractivity contribution in [2.24, 2.45) is 5.92 Å². The van der Waals surface area contributed by atoms with E-state index in [4.69, 9.17) is 11.6 Å². The number of nitrogens with one attached hydrogen (secondary N) is 1. The number of nitrogens with zero attached hydrogens (tertiary/aromatic N) is 1. The van der Waals surface area contributed by atoms with Crippen molar-refractivity contribution in [1.82, 2.24) is 5.32 Å². The molecule has 1 atom stereocenters. The number of hydrogen-bond acceptors (Lipinski definition) is 2. The van der Waals surface area contributed by atoms with E-state index in [2.05, 4.69) is 32.2 Å². The summed E-state index contributed by atoms with van der Waals surface area (Å²) in [5, 5.41) is 4.42. The minimum Gasteiger partial charge on any atom is -0.370 e. The smallest absolute Gasteiger partial charge is 0.0511 e. The molecule has 1 unspecified atom stereocenters. The molecule has 1 saturated heterocycles. The highest BCUT2D eigenvalue weighted by Crippen LogP contribution is 2.32. The molecule has 1 aliphatic heterocycles. The fourth-order valence-corrected chi connectivity index (χ4v) is 3.51. The Kier molecular flexibility index (Phi) is 3.83. The van der Waals surface area contributed by atoms with Crippen molar-refractivity contribution < 1.29 is 0 Å². The molecule has 98 valence electrons. The van der Waals surface area contributed by atoms with Crippen LogP contribution in [0.4, 0.5) is 5.69 Å². The molecule has 4 heteroatoms. The van der Waals surface area contributed by atoms with E-state index in [-0.39, 0.29) is 0 Å². The molecule has 2 nitrogen and oxygen atoms in total. The molecule has 0 bridgehead atoms. The van der Waals surface area contributed by atoms with E-state index in [9.17, 15) is 0 Å². The lowest BCUT2D eigenvalue weighted by Gasteiger charge is -2.20. The van der Waals surface area contributed by atoms with Crippen LogP contribution in [0.2, 0.25) is 5.02 Å². The minimum absolute atomic E-state index is 0.785. The Bertz CT molecular complexity index is 434. The molecule has 1 aromatic carbocycles. The number of anilines is 1. The lowest BCUT2D eigenvalue weighted by molar-refractivity contribution is 0.515. The summed E-state index contributed by atoms with van der Waals surface area (Å²) in [5.41, 5.74) is 1.27. The van der Waals surface area contributed by atoms with Gasteiger partial charge in [0.15, 0.2) is 0 Å². The van der Waals surface area contributed by atoms with Gasteiger partial charge in [-0.25, -0.2) is 0 Å². The second-order valence-corrected chi connectivity index (χ2v) is 6.67. The molecule has 0 radical (unpaired) electrons. The molecular weight excluding hydrogens is 312 g/mol. The van der Waals surface area contributed by atoms with Crippen LogP contribution in [-0.2, 0) is 0 Å². The van der Waals surface area contributed by atoms with Gasteiger partial charge in [0.25, 0.3) is 0 Å². The van der Waals surface area contributed by atoms with Crippen molar-refractivity contribution in [3.8, 4) is 0 Å². The molecule has 1 aliphatic carbocycles. The summed E-state index contributed by atoms with van der Waals surface area (Å²) in [4.78, 5) is 2.46. The van der Waals surface area contributed by atoms with Gasteiger partial charge in [-0.2, -0.15) is 0 Å². The summed E-state index contributed by atoms with van der Waals surface area (Å²) in [6.07, 6.45) is 4.03. The molecule has 1 heterocycles. The zero-order valence-corrected chi connectivity index (χ0v) is 12.7. The molecule has 2 fully saturated rings. The standard InChI is InChI=1S/C14H18BrClN2/c15-13-7-11(16)1-4-14(13)18-6-5-10(9-18)8-17-12-2-3-12/h1,4,7,10,12,17H,2-3,5-6,8-9H2. The maximum absolute atomic E-state index is 5.99. The molecule has 1 saturated carbocycles. The van der Waals surface area contributed by atoms with Crippen molar-refractivity contribution in [2.45, 2.75) is 25.3 Å². The second-order valence-electron chi connectivity index (χ2n) is 5.38. The Morgan fingerprint density at radius 3 is 2.89 bits per heavy atom. The molecule has 0 amide bonds. The van der Waals surface area contributed by atoms with Crippen LogP contribution in [0.1, 0.15) is 19.3 Å². The summed E-state index contributed by atoms with van der Waals surface area (Å²) in [7, 11) is 0. The van der Waals surface area contributed by atoms with Crippen molar-refractivity contribution in [3.05, 3.63) is 27.7 Å². The quantitative estimate of drug-likeness (QED) is 0.906. The van der Waals surface area contributed by atoms with Gasteiger partial charge in [-0.15, -0.1) is 0 Å². The van der Waals surface area contributed by atoms with Gasteiger partial charge < -0.3 is 10.2 Å². The van der Waals surface area contributed by atoms with E-state index in [1.165, 1.54) is 31.5 Å². The summed E-state index contributed by atoms with van der Waals surface area (Å²) < 4.78 is 1.10. The van der Waals surface area contributed by atoms with Crippen molar-refractivity contribution in [3.63, 3.8) is 0 Å². The Hall–Kier alpha value is -0.250. The summed E-state index contributed by atoms with van der Waals surface area (Å²) in [5.74, 6) is 0.785. The Labute approximate surface area is 122 Å². The van der Waals surface area contributed by atoms with E-state index in [0.717, 1.165) is 34.5 Å². The molecule has 3 rings (SSSR count). The zero-order chi connectivity index (χ0) is 12.5. The minimum atomic E-state index is 0.785. The molecular formula is C14H18BrClN2. The van der Waals surface area contributed by atoms with Crippen molar-refractivity contribution in [1.29, 1.82) is 0 Å². The third-order valence-corrected chi connectivity index (χ3v) is 4.68. The molecule has 2 aliphatic rings. The average molecular weight is 330 g/mol. The molecule has 0 aromatic heterocycles. The molecule has 18 heavy (non-hydrogen) atoms. The fourth-order valence-electron chi connectivity index (χ4n) is 2.58. The highest BCUT2D eigenvalue weighted by molar-refractivity contribution is 9.10. The lowest BCUT2D eigenvalue weighted by atomic mass is 10.1. The van der Waals surface area contributed by atoms with Gasteiger partial charge in [-0.05, 0) is 65.9 Å². The van der Waals surface area contributed by atoms with E-state index in [1.54, 1.807) is 0 Å². The highest BCUT2D eigenvalue weighted by atomic mass is 79.9. The number of benzene rings is 1. The average Bonchev–Trinajstić information content (AvgIpc) is 3.05. The second kappa shape index (κ2) is 5.40. The monoisotopic (exact) mass is 328 g/mol. The number of hydrogen-bond donors (Lipinski definition) is 1. The zero-order valence-electron chi connectivity index (χ0n) is 10.3. The molecule has 1 N–H and O–H groups in total. The van der Waals surface area contributed by atoms with Crippen LogP contribution in [0, 0.1) is 5.92 Å². The van der Waals surface area contributed by atoms with Crippen LogP contribution in [0.15, 0.2) is 22.7 Å².